The minimum atomic E-state index is 0.958. The molecule has 1 aliphatic carbocycles. The van der Waals surface area contributed by atoms with E-state index in [-0.39, 0.29) is 0 Å². The Labute approximate surface area is 79.0 Å². The van der Waals surface area contributed by atoms with E-state index in [1.165, 1.54) is 16.7 Å². The highest BCUT2D eigenvalue weighted by Gasteiger charge is 2.12. The minimum absolute atomic E-state index is 0.958. The van der Waals surface area contributed by atoms with Crippen molar-refractivity contribution in [1.29, 1.82) is 0 Å². The molecule has 0 heterocycles. The van der Waals surface area contributed by atoms with E-state index in [4.69, 9.17) is 4.74 Å². The van der Waals surface area contributed by atoms with E-state index in [0.717, 1.165) is 18.6 Å². The summed E-state index contributed by atoms with van der Waals surface area (Å²) >= 11 is 0. The van der Waals surface area contributed by atoms with Gasteiger partial charge in [0.15, 0.2) is 0 Å². The molecule has 0 bridgehead atoms. The third-order valence-corrected chi connectivity index (χ3v) is 2.61. The maximum absolute atomic E-state index is 5.21. The second-order valence-corrected chi connectivity index (χ2v) is 3.31. The first kappa shape index (κ1) is 8.36. The Morgan fingerprint density at radius 3 is 2.92 bits per heavy atom. The zero-order valence-corrected chi connectivity index (χ0v) is 8.13. The standard InChI is InChI=1S/C12H14O/c1-3-9-4-5-10-6-7-11(13-2)8-12(9)10/h4,6-8H,3,5H2,1-2H3. The predicted octanol–water partition coefficient (Wildman–Crippen LogP) is 3.04. The first-order valence-electron chi connectivity index (χ1n) is 4.71. The smallest absolute Gasteiger partial charge is 0.119 e. The first-order valence-corrected chi connectivity index (χ1v) is 4.71. The third-order valence-electron chi connectivity index (χ3n) is 2.61. The molecule has 0 amide bonds. The van der Waals surface area contributed by atoms with Crippen molar-refractivity contribution in [1.82, 2.24) is 0 Å². The van der Waals surface area contributed by atoms with Crippen LogP contribution >= 0.6 is 0 Å². The summed E-state index contributed by atoms with van der Waals surface area (Å²) in [7, 11) is 1.71. The van der Waals surface area contributed by atoms with Gasteiger partial charge in [-0.05, 0) is 41.7 Å². The van der Waals surface area contributed by atoms with Crippen molar-refractivity contribution >= 4 is 5.57 Å². The van der Waals surface area contributed by atoms with Crippen LogP contribution in [0.15, 0.2) is 24.3 Å². The topological polar surface area (TPSA) is 9.23 Å². The monoisotopic (exact) mass is 174 g/mol. The quantitative estimate of drug-likeness (QED) is 0.669. The average molecular weight is 174 g/mol. The summed E-state index contributed by atoms with van der Waals surface area (Å²) in [4.78, 5) is 0. The van der Waals surface area contributed by atoms with Crippen molar-refractivity contribution in [2.75, 3.05) is 7.11 Å². The van der Waals surface area contributed by atoms with Gasteiger partial charge in [0.05, 0.1) is 7.11 Å². The van der Waals surface area contributed by atoms with Gasteiger partial charge in [-0.1, -0.05) is 19.1 Å². The van der Waals surface area contributed by atoms with E-state index in [2.05, 4.69) is 25.1 Å². The van der Waals surface area contributed by atoms with E-state index < -0.39 is 0 Å². The Morgan fingerprint density at radius 2 is 2.23 bits per heavy atom. The van der Waals surface area contributed by atoms with Crippen molar-refractivity contribution in [3.63, 3.8) is 0 Å². The molecule has 0 fully saturated rings. The normalized spacial score (nSPS) is 13.8. The Bertz CT molecular complexity index is 350. The number of methoxy groups -OCH3 is 1. The largest absolute Gasteiger partial charge is 0.497 e. The molecular formula is C12H14O. The summed E-state index contributed by atoms with van der Waals surface area (Å²) in [5.74, 6) is 0.958. The molecule has 0 spiro atoms. The van der Waals surface area contributed by atoms with Crippen molar-refractivity contribution in [2.45, 2.75) is 19.8 Å². The maximum atomic E-state index is 5.21. The van der Waals surface area contributed by atoms with Gasteiger partial charge in [0.2, 0.25) is 0 Å². The van der Waals surface area contributed by atoms with E-state index in [0.29, 0.717) is 0 Å². The number of hydrogen-bond acceptors (Lipinski definition) is 1. The molecule has 0 N–H and O–H groups in total. The van der Waals surface area contributed by atoms with Gasteiger partial charge in [-0.2, -0.15) is 0 Å². The lowest BCUT2D eigenvalue weighted by atomic mass is 10.0. The van der Waals surface area contributed by atoms with Gasteiger partial charge in [-0.25, -0.2) is 0 Å². The molecule has 0 aromatic heterocycles. The molecular weight excluding hydrogens is 160 g/mol. The van der Waals surface area contributed by atoms with Crippen LogP contribution in [0.3, 0.4) is 0 Å². The summed E-state index contributed by atoms with van der Waals surface area (Å²) in [6, 6.07) is 6.33. The van der Waals surface area contributed by atoms with Gasteiger partial charge >= 0.3 is 0 Å². The Morgan fingerprint density at radius 1 is 1.38 bits per heavy atom. The molecule has 1 heteroatoms. The summed E-state index contributed by atoms with van der Waals surface area (Å²) in [6.45, 7) is 2.19. The summed E-state index contributed by atoms with van der Waals surface area (Å²) < 4.78 is 5.21. The molecule has 1 aromatic rings. The maximum Gasteiger partial charge on any atom is 0.119 e. The number of ether oxygens (including phenoxy) is 1. The van der Waals surface area contributed by atoms with Crippen LogP contribution in [0.4, 0.5) is 0 Å². The summed E-state index contributed by atoms with van der Waals surface area (Å²) in [6.07, 6.45) is 4.51. The highest BCUT2D eigenvalue weighted by atomic mass is 16.5. The van der Waals surface area contributed by atoms with Crippen LogP contribution in [0.5, 0.6) is 5.75 Å². The summed E-state index contributed by atoms with van der Waals surface area (Å²) in [5.41, 5.74) is 4.26. The van der Waals surface area contributed by atoms with Crippen LogP contribution in [0.2, 0.25) is 0 Å². The lowest BCUT2D eigenvalue weighted by Gasteiger charge is -2.06. The third kappa shape index (κ3) is 1.35. The predicted molar refractivity (Wildman–Crippen MR) is 55.0 cm³/mol. The molecule has 13 heavy (non-hydrogen) atoms. The molecule has 1 nitrogen and oxygen atoms in total. The molecule has 1 aliphatic rings. The number of hydrogen-bond donors (Lipinski definition) is 0. The summed E-state index contributed by atoms with van der Waals surface area (Å²) in [5, 5.41) is 0. The molecule has 1 aromatic carbocycles. The zero-order chi connectivity index (χ0) is 9.26. The van der Waals surface area contributed by atoms with Gasteiger partial charge in [-0.3, -0.25) is 0 Å². The van der Waals surface area contributed by atoms with Gasteiger partial charge in [-0.15, -0.1) is 0 Å². The van der Waals surface area contributed by atoms with Gasteiger partial charge < -0.3 is 4.74 Å². The van der Waals surface area contributed by atoms with Gasteiger partial charge in [0.25, 0.3) is 0 Å². The highest BCUT2D eigenvalue weighted by molar-refractivity contribution is 5.73. The molecule has 0 unspecified atom stereocenters. The number of allylic oxidation sites excluding steroid dienone is 2. The fourth-order valence-electron chi connectivity index (χ4n) is 1.84. The SMILES string of the molecule is CCC1=CCc2ccc(OC)cc21. The van der Waals surface area contributed by atoms with Crippen LogP contribution in [0.1, 0.15) is 24.5 Å². The van der Waals surface area contributed by atoms with Crippen molar-refractivity contribution < 1.29 is 4.74 Å². The second kappa shape index (κ2) is 3.25. The lowest BCUT2D eigenvalue weighted by Crippen LogP contribution is -1.87. The van der Waals surface area contributed by atoms with E-state index >= 15 is 0 Å². The molecule has 68 valence electrons. The van der Waals surface area contributed by atoms with Crippen LogP contribution in [-0.4, -0.2) is 7.11 Å². The van der Waals surface area contributed by atoms with Crippen LogP contribution in [0, 0.1) is 0 Å². The average Bonchev–Trinajstić information content (AvgIpc) is 2.59. The molecule has 0 atom stereocenters. The minimum Gasteiger partial charge on any atom is -0.497 e. The van der Waals surface area contributed by atoms with E-state index in [1.807, 2.05) is 6.07 Å². The Hall–Kier alpha value is -1.24. The number of benzene rings is 1. The van der Waals surface area contributed by atoms with Gasteiger partial charge in [0.1, 0.15) is 5.75 Å². The molecule has 0 aliphatic heterocycles. The van der Waals surface area contributed by atoms with Crippen LogP contribution in [0.25, 0.3) is 5.57 Å². The van der Waals surface area contributed by atoms with Gasteiger partial charge in [0, 0.05) is 0 Å². The zero-order valence-electron chi connectivity index (χ0n) is 8.13. The highest BCUT2D eigenvalue weighted by Crippen LogP contribution is 2.32. The molecule has 2 rings (SSSR count). The number of rotatable bonds is 2. The Balaban J connectivity index is 2.44. The van der Waals surface area contributed by atoms with Crippen molar-refractivity contribution in [3.05, 3.63) is 35.4 Å². The molecule has 0 radical (unpaired) electrons. The van der Waals surface area contributed by atoms with Crippen LogP contribution in [-0.2, 0) is 6.42 Å². The Kier molecular flexibility index (Phi) is 2.09. The fourth-order valence-corrected chi connectivity index (χ4v) is 1.84. The van der Waals surface area contributed by atoms with E-state index in [9.17, 15) is 0 Å². The van der Waals surface area contributed by atoms with Crippen molar-refractivity contribution in [2.24, 2.45) is 0 Å². The molecule has 0 saturated carbocycles. The van der Waals surface area contributed by atoms with E-state index in [1.54, 1.807) is 7.11 Å². The van der Waals surface area contributed by atoms with Crippen molar-refractivity contribution in [3.8, 4) is 5.75 Å². The molecule has 0 saturated heterocycles. The second-order valence-electron chi connectivity index (χ2n) is 3.31. The number of fused-ring (bicyclic) bond motifs is 1. The van der Waals surface area contributed by atoms with Crippen LogP contribution < -0.4 is 4.74 Å². The fraction of sp³-hybridized carbons (Fsp3) is 0.333. The lowest BCUT2D eigenvalue weighted by molar-refractivity contribution is 0.414. The first-order chi connectivity index (χ1) is 6.35.